The normalized spacial score (nSPS) is 37.9. The molecule has 1 saturated heterocycles. The van der Waals surface area contributed by atoms with Crippen molar-refractivity contribution in [2.24, 2.45) is 16.8 Å². The van der Waals surface area contributed by atoms with E-state index >= 15 is 0 Å². The molecule has 5 unspecified atom stereocenters. The van der Waals surface area contributed by atoms with Crippen LogP contribution in [0.2, 0.25) is 0 Å². The molecular formula is C21H37F2N5O2. The fourth-order valence-electron chi connectivity index (χ4n) is 4.77. The minimum absolute atomic E-state index is 0.0689. The summed E-state index contributed by atoms with van der Waals surface area (Å²) in [7, 11) is 1.58. The number of halogens is 2. The zero-order valence-electron chi connectivity index (χ0n) is 18.3. The topological polar surface area (TPSA) is 86.8 Å². The van der Waals surface area contributed by atoms with Crippen LogP contribution in [0.15, 0.2) is 4.99 Å². The summed E-state index contributed by atoms with van der Waals surface area (Å²) < 4.78 is 33.1. The first-order chi connectivity index (χ1) is 14.4. The number of nitrogens with zero attached hydrogens (tertiary/aromatic N) is 1. The van der Waals surface area contributed by atoms with E-state index in [0.29, 0.717) is 37.6 Å². The third-order valence-corrected chi connectivity index (χ3v) is 6.53. The third-order valence-electron chi connectivity index (χ3n) is 6.53. The number of alkyl halides is 2. The Bertz CT molecular complexity index is 598. The van der Waals surface area contributed by atoms with Crippen LogP contribution in [0.3, 0.4) is 0 Å². The number of carbonyl (C=O) groups is 1. The first kappa shape index (κ1) is 23.3. The Balaban J connectivity index is 1.57. The SMILES string of the molecule is COC1CCC(C(=O)N/C(=N/C2CC(C3CCC(F)CC3)NN2)NC(C)C)C(F)C1. The molecule has 0 aromatic rings. The second-order valence-corrected chi connectivity index (χ2v) is 9.22. The van der Waals surface area contributed by atoms with E-state index in [2.05, 4.69) is 26.5 Å². The van der Waals surface area contributed by atoms with Gasteiger partial charge in [-0.25, -0.2) is 19.2 Å². The highest BCUT2D eigenvalue weighted by molar-refractivity contribution is 5.98. The van der Waals surface area contributed by atoms with E-state index in [-0.39, 0.29) is 36.7 Å². The second kappa shape index (κ2) is 10.8. The lowest BCUT2D eigenvalue weighted by Gasteiger charge is -2.30. The number of hydrogen-bond donors (Lipinski definition) is 4. The molecule has 1 aliphatic heterocycles. The molecule has 172 valence electrons. The maximum atomic E-state index is 14.5. The zero-order valence-corrected chi connectivity index (χ0v) is 18.3. The molecule has 1 heterocycles. The molecule has 9 heteroatoms. The van der Waals surface area contributed by atoms with Gasteiger partial charge in [0.05, 0.1) is 12.0 Å². The van der Waals surface area contributed by atoms with Crippen LogP contribution in [0.5, 0.6) is 0 Å². The van der Waals surface area contributed by atoms with Crippen molar-refractivity contribution in [1.29, 1.82) is 0 Å². The van der Waals surface area contributed by atoms with Crippen LogP contribution >= 0.6 is 0 Å². The van der Waals surface area contributed by atoms with E-state index in [1.807, 2.05) is 13.8 Å². The van der Waals surface area contributed by atoms with E-state index in [1.54, 1.807) is 7.11 Å². The van der Waals surface area contributed by atoms with Crippen molar-refractivity contribution in [1.82, 2.24) is 21.5 Å². The molecular weight excluding hydrogens is 392 g/mol. The Hall–Kier alpha value is -1.32. The molecule has 3 rings (SSSR count). The second-order valence-electron chi connectivity index (χ2n) is 9.22. The molecule has 0 aromatic heterocycles. The molecule has 30 heavy (non-hydrogen) atoms. The number of nitrogens with one attached hydrogen (secondary N) is 4. The van der Waals surface area contributed by atoms with Gasteiger partial charge in [-0.2, -0.15) is 0 Å². The fraction of sp³-hybridized carbons (Fsp3) is 0.905. The van der Waals surface area contributed by atoms with Crippen molar-refractivity contribution < 1.29 is 18.3 Å². The van der Waals surface area contributed by atoms with Crippen LogP contribution in [0, 0.1) is 11.8 Å². The van der Waals surface area contributed by atoms with Gasteiger partial charge in [0.25, 0.3) is 0 Å². The summed E-state index contributed by atoms with van der Waals surface area (Å²) in [6, 6.07) is 0.307. The summed E-state index contributed by atoms with van der Waals surface area (Å²) in [5.74, 6) is -0.228. The van der Waals surface area contributed by atoms with Crippen molar-refractivity contribution in [3.05, 3.63) is 0 Å². The highest BCUT2D eigenvalue weighted by Gasteiger charge is 2.36. The van der Waals surface area contributed by atoms with Crippen LogP contribution in [-0.2, 0) is 9.53 Å². The highest BCUT2D eigenvalue weighted by Crippen LogP contribution is 2.31. The number of amides is 1. The van der Waals surface area contributed by atoms with Crippen LogP contribution in [0.25, 0.3) is 0 Å². The quantitative estimate of drug-likeness (QED) is 0.398. The first-order valence-corrected chi connectivity index (χ1v) is 11.3. The summed E-state index contributed by atoms with van der Waals surface area (Å²) in [6.07, 6.45) is 2.96. The number of hydrazine groups is 1. The highest BCUT2D eigenvalue weighted by atomic mass is 19.1. The summed E-state index contributed by atoms with van der Waals surface area (Å²) >= 11 is 0. The van der Waals surface area contributed by atoms with Gasteiger partial charge >= 0.3 is 0 Å². The third kappa shape index (κ3) is 6.34. The molecule has 3 fully saturated rings. The molecule has 0 bridgehead atoms. The van der Waals surface area contributed by atoms with E-state index in [0.717, 1.165) is 19.3 Å². The summed E-state index contributed by atoms with van der Waals surface area (Å²) in [5.41, 5.74) is 6.47. The summed E-state index contributed by atoms with van der Waals surface area (Å²) in [4.78, 5) is 17.4. The largest absolute Gasteiger partial charge is 0.381 e. The predicted octanol–water partition coefficient (Wildman–Crippen LogP) is 2.33. The van der Waals surface area contributed by atoms with Crippen molar-refractivity contribution in [2.45, 2.75) is 102 Å². The molecule has 0 aromatic carbocycles. The van der Waals surface area contributed by atoms with Gasteiger partial charge < -0.3 is 10.1 Å². The molecule has 4 N–H and O–H groups in total. The van der Waals surface area contributed by atoms with Gasteiger partial charge in [-0.1, -0.05) is 0 Å². The minimum Gasteiger partial charge on any atom is -0.381 e. The van der Waals surface area contributed by atoms with Gasteiger partial charge in [-0.3, -0.25) is 15.5 Å². The summed E-state index contributed by atoms with van der Waals surface area (Å²) in [5, 5.41) is 5.98. The van der Waals surface area contributed by atoms with Gasteiger partial charge in [0, 0.05) is 32.0 Å². The Morgan fingerprint density at radius 2 is 1.80 bits per heavy atom. The monoisotopic (exact) mass is 429 g/mol. The number of carbonyl (C=O) groups excluding carboxylic acids is 1. The van der Waals surface area contributed by atoms with Crippen molar-refractivity contribution in [3.63, 3.8) is 0 Å². The molecule has 2 aliphatic carbocycles. The van der Waals surface area contributed by atoms with Crippen LogP contribution in [0.1, 0.15) is 65.2 Å². The summed E-state index contributed by atoms with van der Waals surface area (Å²) in [6.45, 7) is 3.92. The lowest BCUT2D eigenvalue weighted by molar-refractivity contribution is -0.128. The first-order valence-electron chi connectivity index (χ1n) is 11.3. The van der Waals surface area contributed by atoms with Crippen LogP contribution in [0.4, 0.5) is 8.78 Å². The maximum absolute atomic E-state index is 14.5. The van der Waals surface area contributed by atoms with Crippen molar-refractivity contribution >= 4 is 11.9 Å². The van der Waals surface area contributed by atoms with Gasteiger partial charge in [-0.05, 0) is 58.3 Å². The number of guanidine groups is 1. The van der Waals surface area contributed by atoms with E-state index in [9.17, 15) is 13.6 Å². The number of methoxy groups -OCH3 is 1. The van der Waals surface area contributed by atoms with Gasteiger partial charge in [0.15, 0.2) is 5.96 Å². The minimum atomic E-state index is -1.22. The van der Waals surface area contributed by atoms with Gasteiger partial charge in [-0.15, -0.1) is 0 Å². The van der Waals surface area contributed by atoms with E-state index in [1.165, 1.54) is 0 Å². The van der Waals surface area contributed by atoms with Gasteiger partial charge in [0.1, 0.15) is 18.5 Å². The standard InChI is InChI=1S/C21H37F2N5O2/c1-12(2)24-21(26-20(29)16-9-8-15(30-3)10-17(16)23)25-19-11-18(27-28-19)13-4-6-14(22)7-5-13/h12-19,27-28H,4-11H2,1-3H3,(H2,24,25,26,29). The smallest absolute Gasteiger partial charge is 0.232 e. The lowest BCUT2D eigenvalue weighted by Crippen LogP contribution is -2.50. The van der Waals surface area contributed by atoms with Gasteiger partial charge in [0.2, 0.25) is 5.91 Å². The number of hydrogen-bond acceptors (Lipinski definition) is 5. The number of rotatable bonds is 5. The zero-order chi connectivity index (χ0) is 21.7. The molecule has 1 amide bonds. The average Bonchev–Trinajstić information content (AvgIpc) is 3.16. The molecule has 5 atom stereocenters. The Labute approximate surface area is 178 Å². The Morgan fingerprint density at radius 1 is 1.07 bits per heavy atom. The molecule has 3 aliphatic rings. The average molecular weight is 430 g/mol. The maximum Gasteiger partial charge on any atom is 0.232 e. The number of ether oxygens (including phenoxy) is 1. The predicted molar refractivity (Wildman–Crippen MR) is 112 cm³/mol. The molecule has 0 spiro atoms. The van der Waals surface area contributed by atoms with Crippen LogP contribution in [-0.4, -0.2) is 55.7 Å². The van der Waals surface area contributed by atoms with E-state index in [4.69, 9.17) is 4.74 Å². The Morgan fingerprint density at radius 3 is 2.43 bits per heavy atom. The number of aliphatic imine (C=N–C) groups is 1. The van der Waals surface area contributed by atoms with E-state index < -0.39 is 18.3 Å². The van der Waals surface area contributed by atoms with Crippen molar-refractivity contribution in [3.8, 4) is 0 Å². The fourth-order valence-corrected chi connectivity index (χ4v) is 4.77. The van der Waals surface area contributed by atoms with Crippen molar-refractivity contribution in [2.75, 3.05) is 7.11 Å². The lowest BCUT2D eigenvalue weighted by atomic mass is 9.82. The van der Waals surface area contributed by atoms with Crippen LogP contribution < -0.4 is 21.5 Å². The molecule has 2 saturated carbocycles. The Kier molecular flexibility index (Phi) is 8.42. The molecule has 7 nitrogen and oxygen atoms in total. The molecule has 0 radical (unpaired) electrons.